The fourth-order valence-corrected chi connectivity index (χ4v) is 3.11. The first-order chi connectivity index (χ1) is 12.8. The predicted molar refractivity (Wildman–Crippen MR) is 104 cm³/mol. The lowest BCUT2D eigenvalue weighted by molar-refractivity contribution is 0.0824. The Hall–Kier alpha value is -3.40. The van der Waals surface area contributed by atoms with E-state index >= 15 is 0 Å². The van der Waals surface area contributed by atoms with Crippen LogP contribution in [0.4, 0.5) is 11.4 Å². The summed E-state index contributed by atoms with van der Waals surface area (Å²) in [5, 5.41) is 16.0. The molecule has 140 valence electrons. The normalized spacial score (nSPS) is 14.9. The number of nitrogens with one attached hydrogen (secondary N) is 2. The number of para-hydroxylation sites is 2. The smallest absolute Gasteiger partial charge is 0.367 e. The number of amidine groups is 2. The van der Waals surface area contributed by atoms with Crippen molar-refractivity contribution in [1.82, 2.24) is 4.90 Å². The Bertz CT molecular complexity index is 1050. The van der Waals surface area contributed by atoms with Gasteiger partial charge in [-0.1, -0.05) is 24.3 Å². The third-order valence-corrected chi connectivity index (χ3v) is 4.43. The summed E-state index contributed by atoms with van der Waals surface area (Å²) < 4.78 is 30.7. The first-order valence-corrected chi connectivity index (χ1v) is 9.24. The number of benzene rings is 2. The van der Waals surface area contributed by atoms with E-state index in [0.29, 0.717) is 5.69 Å². The van der Waals surface area contributed by atoms with Gasteiger partial charge in [0, 0.05) is 19.8 Å². The molecule has 0 aliphatic carbocycles. The first kappa shape index (κ1) is 18.4. The number of carbonyl (C=O) groups is 1. The molecule has 3 rings (SSSR count). The van der Waals surface area contributed by atoms with Crippen molar-refractivity contribution in [1.29, 1.82) is 0 Å². The monoisotopic (exact) mass is 387 g/mol. The topological polar surface area (TPSA) is 123 Å². The molecule has 2 aromatic rings. The third kappa shape index (κ3) is 4.06. The van der Waals surface area contributed by atoms with E-state index < -0.39 is 16.1 Å². The van der Waals surface area contributed by atoms with Crippen LogP contribution in [0, 0.1) is 0 Å². The molecule has 0 spiro atoms. The Balaban J connectivity index is 1.91. The van der Waals surface area contributed by atoms with Crippen LogP contribution in [0.5, 0.6) is 5.75 Å². The number of hydrogen-bond acceptors (Lipinski definition) is 6. The van der Waals surface area contributed by atoms with Crippen LogP contribution in [-0.2, 0) is 10.2 Å². The molecule has 0 radical (unpaired) electrons. The van der Waals surface area contributed by atoms with E-state index in [1.807, 2.05) is 6.07 Å². The maximum atomic E-state index is 12.1. The van der Waals surface area contributed by atoms with Crippen LogP contribution in [0.3, 0.4) is 0 Å². The minimum absolute atomic E-state index is 0.0232. The van der Waals surface area contributed by atoms with Crippen LogP contribution in [0.15, 0.2) is 57.3 Å². The van der Waals surface area contributed by atoms with E-state index in [4.69, 9.17) is 0 Å². The molecule has 0 fully saturated rings. The maximum absolute atomic E-state index is 12.1. The van der Waals surface area contributed by atoms with Gasteiger partial charge in [-0.3, -0.25) is 4.79 Å². The van der Waals surface area contributed by atoms with Crippen molar-refractivity contribution >= 4 is 39.2 Å². The zero-order chi connectivity index (χ0) is 19.6. The van der Waals surface area contributed by atoms with Gasteiger partial charge >= 0.3 is 10.2 Å². The summed E-state index contributed by atoms with van der Waals surface area (Å²) in [5.41, 5.74) is 0.811. The summed E-state index contributed by atoms with van der Waals surface area (Å²) in [5.74, 6) is -0.829. The van der Waals surface area contributed by atoms with Gasteiger partial charge in [0.1, 0.15) is 0 Å². The second-order valence-electron chi connectivity index (χ2n) is 5.84. The molecule has 1 aliphatic rings. The highest BCUT2D eigenvalue weighted by atomic mass is 32.2. The summed E-state index contributed by atoms with van der Waals surface area (Å²) in [7, 11) is -0.924. The molecule has 27 heavy (non-hydrogen) atoms. The number of anilines is 2. The van der Waals surface area contributed by atoms with E-state index in [2.05, 4.69) is 19.4 Å². The van der Waals surface area contributed by atoms with Crippen LogP contribution in [0.2, 0.25) is 0 Å². The van der Waals surface area contributed by atoms with E-state index in [0.717, 1.165) is 0 Å². The summed E-state index contributed by atoms with van der Waals surface area (Å²) in [6, 6.07) is 13.4. The van der Waals surface area contributed by atoms with Gasteiger partial charge in [0.05, 0.1) is 11.3 Å². The minimum Gasteiger partial charge on any atom is -0.505 e. The van der Waals surface area contributed by atoms with Gasteiger partial charge in [0.2, 0.25) is 0 Å². The molecule has 1 aliphatic heterocycles. The number of phenolic OH excluding ortho intramolecular Hbond substituents is 1. The molecule has 3 N–H and O–H groups in total. The van der Waals surface area contributed by atoms with Crippen LogP contribution in [0.1, 0.15) is 10.4 Å². The number of rotatable bonds is 3. The molecule has 0 aromatic heterocycles. The molecule has 10 heteroatoms. The summed E-state index contributed by atoms with van der Waals surface area (Å²) in [6.45, 7) is 0. The van der Waals surface area contributed by atoms with Gasteiger partial charge in [-0.05, 0) is 24.3 Å². The SMILES string of the molecule is CN(C)C(=O)c1cccc(NC2=NS(=O)(=O)N=C2Nc2ccccc2)c1O. The van der Waals surface area contributed by atoms with Crippen LogP contribution >= 0.6 is 0 Å². The Morgan fingerprint density at radius 3 is 2.22 bits per heavy atom. The average Bonchev–Trinajstić information content (AvgIpc) is 2.90. The molecule has 0 atom stereocenters. The zero-order valence-electron chi connectivity index (χ0n) is 14.5. The molecule has 0 saturated heterocycles. The number of amides is 1. The Labute approximate surface area is 156 Å². The van der Waals surface area contributed by atoms with Crippen molar-refractivity contribution in [2.75, 3.05) is 24.7 Å². The lowest BCUT2D eigenvalue weighted by Gasteiger charge is -2.15. The average molecular weight is 387 g/mol. The number of hydrogen-bond donors (Lipinski definition) is 3. The molecular formula is C17H17N5O4S. The Morgan fingerprint density at radius 1 is 0.963 bits per heavy atom. The van der Waals surface area contributed by atoms with E-state index in [9.17, 15) is 18.3 Å². The fraction of sp³-hybridized carbons (Fsp3) is 0.118. The van der Waals surface area contributed by atoms with E-state index in [-0.39, 0.29) is 28.7 Å². The van der Waals surface area contributed by atoms with Crippen molar-refractivity contribution in [3.05, 3.63) is 54.1 Å². The molecule has 9 nitrogen and oxygen atoms in total. The van der Waals surface area contributed by atoms with Crippen LogP contribution < -0.4 is 10.6 Å². The largest absolute Gasteiger partial charge is 0.505 e. The summed E-state index contributed by atoms with van der Waals surface area (Å²) in [6.07, 6.45) is 0. The molecular weight excluding hydrogens is 370 g/mol. The minimum atomic E-state index is -4.04. The van der Waals surface area contributed by atoms with E-state index in [1.54, 1.807) is 44.4 Å². The van der Waals surface area contributed by atoms with Gasteiger partial charge in [-0.2, -0.15) is 8.42 Å². The van der Waals surface area contributed by atoms with Gasteiger partial charge < -0.3 is 20.6 Å². The molecule has 0 saturated carbocycles. The van der Waals surface area contributed by atoms with Crippen molar-refractivity contribution in [2.24, 2.45) is 8.80 Å². The lowest BCUT2D eigenvalue weighted by atomic mass is 10.1. The zero-order valence-corrected chi connectivity index (χ0v) is 15.4. The highest BCUT2D eigenvalue weighted by molar-refractivity contribution is 7.89. The third-order valence-electron chi connectivity index (χ3n) is 3.60. The molecule has 0 unspecified atom stereocenters. The molecule has 1 heterocycles. The van der Waals surface area contributed by atoms with Crippen molar-refractivity contribution < 1.29 is 18.3 Å². The van der Waals surface area contributed by atoms with Crippen molar-refractivity contribution in [2.45, 2.75) is 0 Å². The van der Waals surface area contributed by atoms with Gasteiger partial charge in [0.15, 0.2) is 17.4 Å². The molecule has 2 aromatic carbocycles. The van der Waals surface area contributed by atoms with Crippen molar-refractivity contribution in [3.63, 3.8) is 0 Å². The second kappa shape index (κ2) is 7.08. The lowest BCUT2D eigenvalue weighted by Crippen LogP contribution is -2.27. The second-order valence-corrected chi connectivity index (χ2v) is 7.11. The summed E-state index contributed by atoms with van der Waals surface area (Å²) >= 11 is 0. The van der Waals surface area contributed by atoms with Gasteiger partial charge in [-0.25, -0.2) is 0 Å². The standard InChI is InChI=1S/C17H17N5O4S/c1-22(2)17(24)12-9-6-10-13(14(12)23)19-16-15(20-27(25,26)21-16)18-11-7-4-3-5-8-11/h3-10,23H,1-2H3,(H,18,20)(H,19,21). The van der Waals surface area contributed by atoms with E-state index in [1.165, 1.54) is 17.0 Å². The number of aromatic hydroxyl groups is 1. The van der Waals surface area contributed by atoms with Gasteiger partial charge in [0.25, 0.3) is 5.91 Å². The maximum Gasteiger partial charge on any atom is 0.367 e. The Morgan fingerprint density at radius 2 is 1.59 bits per heavy atom. The predicted octanol–water partition coefficient (Wildman–Crippen LogP) is 1.67. The Kier molecular flexibility index (Phi) is 4.82. The fourth-order valence-electron chi connectivity index (χ4n) is 2.35. The highest BCUT2D eigenvalue weighted by Crippen LogP contribution is 2.29. The quantitative estimate of drug-likeness (QED) is 0.689. The van der Waals surface area contributed by atoms with Crippen molar-refractivity contribution in [3.8, 4) is 5.75 Å². The number of phenols is 1. The number of nitrogens with zero attached hydrogens (tertiary/aromatic N) is 3. The first-order valence-electron chi connectivity index (χ1n) is 7.85. The van der Waals surface area contributed by atoms with Gasteiger partial charge in [-0.15, -0.1) is 8.80 Å². The van der Waals surface area contributed by atoms with Crippen LogP contribution in [0.25, 0.3) is 0 Å². The summed E-state index contributed by atoms with van der Waals surface area (Å²) in [4.78, 5) is 13.5. The highest BCUT2D eigenvalue weighted by Gasteiger charge is 2.26. The van der Waals surface area contributed by atoms with Crippen LogP contribution in [-0.4, -0.2) is 50.1 Å². The number of carbonyl (C=O) groups excluding carboxylic acids is 1. The molecule has 0 bridgehead atoms. The molecule has 1 amide bonds.